The van der Waals surface area contributed by atoms with Crippen LogP contribution in [0.25, 0.3) is 60.5 Å². The molecule has 8 aromatic rings. The Morgan fingerprint density at radius 3 is 2.40 bits per heavy atom. The van der Waals surface area contributed by atoms with Gasteiger partial charge in [-0.15, -0.1) is 17.5 Å². The van der Waals surface area contributed by atoms with Crippen molar-refractivity contribution in [2.24, 2.45) is 0 Å². The van der Waals surface area contributed by atoms with E-state index in [0.29, 0.717) is 11.5 Å². The fourth-order valence-electron chi connectivity index (χ4n) is 5.61. The summed E-state index contributed by atoms with van der Waals surface area (Å²) in [6.45, 7) is 6.59. The average Bonchev–Trinajstić information content (AvgIpc) is 3.52. The number of hydrogen-bond donors (Lipinski definition) is 0. The third-order valence-electron chi connectivity index (χ3n) is 7.69. The first-order chi connectivity index (χ1) is 19.9. The molecule has 0 aliphatic rings. The van der Waals surface area contributed by atoms with Crippen molar-refractivity contribution in [1.29, 1.82) is 0 Å². The Morgan fingerprint density at radius 2 is 1.57 bits per heavy atom. The van der Waals surface area contributed by atoms with E-state index in [0.717, 1.165) is 60.5 Å². The number of pyridine rings is 2. The Bertz CT molecular complexity index is 2280. The summed E-state index contributed by atoms with van der Waals surface area (Å²) in [5.74, 6) is 2.01. The molecular weight excluding hydrogens is 701 g/mol. The van der Waals surface area contributed by atoms with Gasteiger partial charge in [0.05, 0.1) is 5.58 Å². The molecule has 0 fully saturated rings. The first-order valence-corrected chi connectivity index (χ1v) is 13.7. The van der Waals surface area contributed by atoms with Gasteiger partial charge in [-0.2, -0.15) is 6.07 Å². The van der Waals surface area contributed by atoms with E-state index in [4.69, 9.17) is 14.1 Å². The summed E-state index contributed by atoms with van der Waals surface area (Å²) < 4.78 is 14.7. The number of ether oxygens (including phenoxy) is 1. The Labute approximate surface area is 257 Å². The third-order valence-corrected chi connectivity index (χ3v) is 7.69. The number of furan rings is 1. The number of nitrogens with zero attached hydrogens (tertiary/aromatic N) is 3. The van der Waals surface area contributed by atoms with Crippen LogP contribution in [0.3, 0.4) is 0 Å². The van der Waals surface area contributed by atoms with Gasteiger partial charge in [0.1, 0.15) is 5.82 Å². The van der Waals surface area contributed by atoms with Crippen LogP contribution in [-0.4, -0.2) is 14.5 Å². The van der Waals surface area contributed by atoms with Crippen LogP contribution in [-0.2, 0) is 26.5 Å². The summed E-state index contributed by atoms with van der Waals surface area (Å²) in [5.41, 5.74) is 5.61. The zero-order valence-electron chi connectivity index (χ0n) is 23.2. The van der Waals surface area contributed by atoms with Gasteiger partial charge in [-0.1, -0.05) is 80.2 Å². The molecule has 0 radical (unpaired) electrons. The molecule has 0 N–H and O–H groups in total. The van der Waals surface area contributed by atoms with Crippen molar-refractivity contribution in [3.63, 3.8) is 0 Å². The van der Waals surface area contributed by atoms with Crippen LogP contribution in [0, 0.1) is 12.1 Å². The maximum absolute atomic E-state index is 6.37. The summed E-state index contributed by atoms with van der Waals surface area (Å²) in [4.78, 5) is 9.49. The normalized spacial score (nSPS) is 12.0. The van der Waals surface area contributed by atoms with Crippen molar-refractivity contribution in [3.8, 4) is 17.3 Å². The molecule has 206 valence electrons. The van der Waals surface area contributed by atoms with E-state index in [1.807, 2.05) is 54.7 Å². The Morgan fingerprint density at radius 1 is 0.786 bits per heavy atom. The van der Waals surface area contributed by atoms with Crippen LogP contribution in [0.1, 0.15) is 26.3 Å². The molecular formula is C36H25N3O2Pt. The van der Waals surface area contributed by atoms with Gasteiger partial charge in [0, 0.05) is 40.5 Å². The number of para-hydroxylation sites is 1. The van der Waals surface area contributed by atoms with Gasteiger partial charge in [0.15, 0.2) is 0 Å². The quantitative estimate of drug-likeness (QED) is 0.171. The molecule has 0 aliphatic heterocycles. The maximum Gasteiger partial charge on any atom is 2.00 e. The van der Waals surface area contributed by atoms with Gasteiger partial charge in [0.2, 0.25) is 0 Å². The molecule has 0 saturated heterocycles. The largest absolute Gasteiger partial charge is 2.00 e. The van der Waals surface area contributed by atoms with Gasteiger partial charge >= 0.3 is 21.1 Å². The molecule has 8 rings (SSSR count). The van der Waals surface area contributed by atoms with Crippen molar-refractivity contribution < 1.29 is 30.2 Å². The zero-order valence-corrected chi connectivity index (χ0v) is 25.5. The standard InChI is InChI=1S/C36H25N3O2.Pt/c1-36(2,3)23-18-22-11-15-32-34(35(22)38-21-23)28-19-24(13-16-31(28)41-32)40-25-12-14-27-26-8-4-5-9-29(26)39(30(27)20-25)33-10-6-7-17-37-33;/h4-18,21H,1-3H3;/q-2;+2. The Balaban J connectivity index is 0.00000288. The summed E-state index contributed by atoms with van der Waals surface area (Å²) in [7, 11) is 0. The molecule has 0 unspecified atom stereocenters. The predicted octanol–water partition coefficient (Wildman–Crippen LogP) is 9.31. The third kappa shape index (κ3) is 4.19. The van der Waals surface area contributed by atoms with E-state index in [-0.39, 0.29) is 26.5 Å². The molecule has 0 spiro atoms. The van der Waals surface area contributed by atoms with Crippen molar-refractivity contribution >= 4 is 54.6 Å². The second-order valence-corrected chi connectivity index (χ2v) is 11.4. The van der Waals surface area contributed by atoms with Crippen LogP contribution in [0.5, 0.6) is 11.5 Å². The van der Waals surface area contributed by atoms with E-state index in [1.54, 1.807) is 6.20 Å². The van der Waals surface area contributed by atoms with Crippen molar-refractivity contribution in [2.45, 2.75) is 26.2 Å². The fourth-order valence-corrected chi connectivity index (χ4v) is 5.61. The van der Waals surface area contributed by atoms with Gasteiger partial charge in [0.25, 0.3) is 0 Å². The van der Waals surface area contributed by atoms with Crippen molar-refractivity contribution in [1.82, 2.24) is 14.5 Å². The van der Waals surface area contributed by atoms with Crippen LogP contribution >= 0.6 is 0 Å². The molecule has 4 aromatic carbocycles. The first-order valence-electron chi connectivity index (χ1n) is 13.7. The molecule has 5 nitrogen and oxygen atoms in total. The van der Waals surface area contributed by atoms with Crippen molar-refractivity contribution in [2.75, 3.05) is 0 Å². The molecule has 0 saturated carbocycles. The molecule has 42 heavy (non-hydrogen) atoms. The van der Waals surface area contributed by atoms with Crippen molar-refractivity contribution in [3.05, 3.63) is 115 Å². The summed E-state index contributed by atoms with van der Waals surface area (Å²) in [6, 6.07) is 35.3. The second-order valence-electron chi connectivity index (χ2n) is 11.4. The van der Waals surface area contributed by atoms with Gasteiger partial charge < -0.3 is 13.7 Å². The molecule has 0 atom stereocenters. The predicted molar refractivity (Wildman–Crippen MR) is 164 cm³/mol. The SMILES string of the molecule is CC(C)(C)c1cnc2c(ccc3oc4ccc(Oc5[c-]c6c(cc5)c5ccccc5n6-c5ccccn5)[c-]c4c32)c1.[Pt+2]. The topological polar surface area (TPSA) is 53.1 Å². The van der Waals surface area contributed by atoms with E-state index in [2.05, 4.69) is 78.9 Å². The van der Waals surface area contributed by atoms with Gasteiger partial charge in [-0.3, -0.25) is 4.98 Å². The summed E-state index contributed by atoms with van der Waals surface area (Å²) >= 11 is 0. The maximum atomic E-state index is 6.37. The molecule has 4 aromatic heterocycles. The summed E-state index contributed by atoms with van der Waals surface area (Å²) in [5, 5.41) is 5.10. The minimum Gasteiger partial charge on any atom is -0.510 e. The second kappa shape index (κ2) is 9.82. The Kier molecular flexibility index (Phi) is 6.18. The van der Waals surface area contributed by atoms with Gasteiger partial charge in [-0.05, 0) is 57.5 Å². The summed E-state index contributed by atoms with van der Waals surface area (Å²) in [6.07, 6.45) is 3.77. The minimum atomic E-state index is 0. The fraction of sp³-hybridized carbons (Fsp3) is 0.111. The van der Waals surface area contributed by atoms with Crippen LogP contribution in [0.15, 0.2) is 102 Å². The molecule has 4 heterocycles. The molecule has 6 heteroatoms. The van der Waals surface area contributed by atoms with E-state index in [1.165, 1.54) is 5.56 Å². The zero-order chi connectivity index (χ0) is 27.7. The molecule has 0 bridgehead atoms. The molecule has 0 amide bonds. The Hall–Kier alpha value is -4.47. The number of aromatic nitrogens is 3. The molecule has 0 aliphatic carbocycles. The first kappa shape index (κ1) is 26.4. The number of hydrogen-bond acceptors (Lipinski definition) is 4. The minimum absolute atomic E-state index is 0. The van der Waals surface area contributed by atoms with E-state index < -0.39 is 0 Å². The van der Waals surface area contributed by atoms with Crippen LogP contribution < -0.4 is 4.74 Å². The van der Waals surface area contributed by atoms with Crippen LogP contribution in [0.2, 0.25) is 0 Å². The van der Waals surface area contributed by atoms with E-state index in [9.17, 15) is 0 Å². The van der Waals surface area contributed by atoms with Gasteiger partial charge in [-0.25, -0.2) is 4.98 Å². The number of fused-ring (bicyclic) bond motifs is 8. The number of benzene rings is 4. The van der Waals surface area contributed by atoms with Crippen LogP contribution in [0.4, 0.5) is 0 Å². The van der Waals surface area contributed by atoms with E-state index >= 15 is 0 Å². The number of rotatable bonds is 3. The smallest absolute Gasteiger partial charge is 0.510 e. The average molecular weight is 727 g/mol. The monoisotopic (exact) mass is 726 g/mol.